The summed E-state index contributed by atoms with van der Waals surface area (Å²) in [5, 5.41) is 9.89. The number of hydrogen-bond donors (Lipinski definition) is 2. The molecular weight excluding hydrogens is 386 g/mol. The smallest absolute Gasteiger partial charge is 0.139 e. The van der Waals surface area contributed by atoms with Crippen LogP contribution in [0.15, 0.2) is 96.2 Å². The third-order valence-electron chi connectivity index (χ3n) is 5.73. The predicted molar refractivity (Wildman–Crippen MR) is 121 cm³/mol. The van der Waals surface area contributed by atoms with Gasteiger partial charge in [-0.2, -0.15) is 0 Å². The summed E-state index contributed by atoms with van der Waals surface area (Å²) in [6.07, 6.45) is 3.16. The monoisotopic (exact) mass is 407 g/mol. The second-order valence-electron chi connectivity index (χ2n) is 7.49. The van der Waals surface area contributed by atoms with Gasteiger partial charge in [-0.1, -0.05) is 54.6 Å². The van der Waals surface area contributed by atoms with Gasteiger partial charge >= 0.3 is 0 Å². The van der Waals surface area contributed by atoms with Crippen LogP contribution < -0.4 is 10.5 Å². The Hall–Kier alpha value is -4.12. The molecule has 1 aliphatic heterocycles. The first-order valence-electron chi connectivity index (χ1n) is 9.96. The highest BCUT2D eigenvalue weighted by Gasteiger charge is 2.42. The number of aromatic nitrogens is 1. The van der Waals surface area contributed by atoms with Gasteiger partial charge in [0.1, 0.15) is 22.9 Å². The van der Waals surface area contributed by atoms with Crippen molar-refractivity contribution in [2.45, 2.75) is 5.54 Å². The Bertz CT molecular complexity index is 1300. The maximum absolute atomic E-state index is 9.89. The average molecular weight is 407 g/mol. The lowest BCUT2D eigenvalue weighted by atomic mass is 9.77. The molecule has 4 aromatic rings. The van der Waals surface area contributed by atoms with E-state index in [9.17, 15) is 5.11 Å². The van der Waals surface area contributed by atoms with E-state index in [2.05, 4.69) is 23.2 Å². The molecule has 0 amide bonds. The van der Waals surface area contributed by atoms with Crippen LogP contribution in [0, 0.1) is 0 Å². The van der Waals surface area contributed by atoms with E-state index in [0.717, 1.165) is 39.1 Å². The molecule has 5 nitrogen and oxygen atoms in total. The van der Waals surface area contributed by atoms with Crippen molar-refractivity contribution < 1.29 is 9.84 Å². The second-order valence-corrected chi connectivity index (χ2v) is 7.49. The normalized spacial score (nSPS) is 17.1. The molecule has 0 fully saturated rings. The molecule has 1 atom stereocenters. The molecule has 0 bridgehead atoms. The average Bonchev–Trinajstić information content (AvgIpc) is 3.13. The van der Waals surface area contributed by atoms with Gasteiger partial charge in [0.05, 0.1) is 13.3 Å². The van der Waals surface area contributed by atoms with Crippen LogP contribution in [0.5, 0.6) is 11.5 Å². The first kappa shape index (κ1) is 18.9. The largest absolute Gasteiger partial charge is 0.506 e. The van der Waals surface area contributed by atoms with Crippen LogP contribution in [0.25, 0.3) is 11.1 Å². The first-order valence-corrected chi connectivity index (χ1v) is 9.96. The summed E-state index contributed by atoms with van der Waals surface area (Å²) in [4.78, 5) is 9.14. The number of aliphatic imine (C=N–C) groups is 1. The maximum Gasteiger partial charge on any atom is 0.139 e. The molecule has 0 radical (unpaired) electrons. The number of aromatic hydroxyl groups is 1. The lowest BCUT2D eigenvalue weighted by Crippen LogP contribution is -2.25. The molecule has 0 spiro atoms. The van der Waals surface area contributed by atoms with E-state index < -0.39 is 5.54 Å². The zero-order valence-corrected chi connectivity index (χ0v) is 17.0. The van der Waals surface area contributed by atoms with E-state index >= 15 is 0 Å². The van der Waals surface area contributed by atoms with Gasteiger partial charge in [-0.15, -0.1) is 0 Å². The van der Waals surface area contributed by atoms with Gasteiger partial charge in [-0.25, -0.2) is 4.99 Å². The van der Waals surface area contributed by atoms with Crippen molar-refractivity contribution in [3.05, 3.63) is 114 Å². The van der Waals surface area contributed by atoms with Crippen LogP contribution in [0.3, 0.4) is 0 Å². The van der Waals surface area contributed by atoms with Crippen molar-refractivity contribution in [2.75, 3.05) is 7.11 Å². The highest BCUT2D eigenvalue weighted by molar-refractivity contribution is 6.03. The summed E-state index contributed by atoms with van der Waals surface area (Å²) in [6.45, 7) is 0. The van der Waals surface area contributed by atoms with E-state index in [1.54, 1.807) is 19.4 Å². The minimum Gasteiger partial charge on any atom is -0.506 e. The molecule has 5 heteroatoms. The van der Waals surface area contributed by atoms with Crippen molar-refractivity contribution >= 4 is 5.84 Å². The summed E-state index contributed by atoms with van der Waals surface area (Å²) in [5.41, 5.74) is 11.3. The summed E-state index contributed by atoms with van der Waals surface area (Å²) in [6, 6.07) is 25.8. The Morgan fingerprint density at radius 2 is 1.65 bits per heavy atom. The van der Waals surface area contributed by atoms with E-state index in [1.807, 2.05) is 54.6 Å². The molecular formula is C26H21N3O2. The number of methoxy groups -OCH3 is 1. The molecule has 31 heavy (non-hydrogen) atoms. The predicted octanol–water partition coefficient (Wildman–Crippen LogP) is 4.47. The standard InChI is InChI=1S/C26H21N3O2/c1-31-22-11-9-19(10-12-22)26(24-8-3-2-7-23(24)25(27)29-26)20-6-4-5-17(13-20)18-14-21(30)16-28-15-18/h2-16,30H,1H3,(H2,27,29). The van der Waals surface area contributed by atoms with Gasteiger partial charge in [0.2, 0.25) is 0 Å². The fourth-order valence-corrected chi connectivity index (χ4v) is 4.27. The Labute approximate surface area is 180 Å². The Kier molecular flexibility index (Phi) is 4.44. The number of fused-ring (bicyclic) bond motifs is 1. The summed E-state index contributed by atoms with van der Waals surface area (Å²) in [5.74, 6) is 1.42. The van der Waals surface area contributed by atoms with E-state index in [-0.39, 0.29) is 5.75 Å². The molecule has 5 rings (SSSR count). The fourth-order valence-electron chi connectivity index (χ4n) is 4.27. The number of benzene rings is 3. The third-order valence-corrected chi connectivity index (χ3v) is 5.73. The number of rotatable bonds is 4. The van der Waals surface area contributed by atoms with Gasteiger partial charge < -0.3 is 15.6 Å². The molecule has 3 aromatic carbocycles. The Morgan fingerprint density at radius 3 is 2.42 bits per heavy atom. The first-order chi connectivity index (χ1) is 15.1. The number of nitrogens with two attached hydrogens (primary N) is 1. The minimum absolute atomic E-state index is 0.126. The number of ether oxygens (including phenoxy) is 1. The topological polar surface area (TPSA) is 80.7 Å². The van der Waals surface area contributed by atoms with Crippen LogP contribution in [0.4, 0.5) is 0 Å². The van der Waals surface area contributed by atoms with Crippen LogP contribution in [0.2, 0.25) is 0 Å². The Balaban J connectivity index is 1.76. The molecule has 1 unspecified atom stereocenters. The van der Waals surface area contributed by atoms with Crippen molar-refractivity contribution in [1.29, 1.82) is 0 Å². The van der Waals surface area contributed by atoms with Crippen molar-refractivity contribution in [3.63, 3.8) is 0 Å². The second kappa shape index (κ2) is 7.29. The van der Waals surface area contributed by atoms with Crippen molar-refractivity contribution in [2.24, 2.45) is 10.7 Å². The molecule has 152 valence electrons. The van der Waals surface area contributed by atoms with Gasteiger partial charge in [-0.05, 0) is 46.5 Å². The molecule has 3 N–H and O–H groups in total. The van der Waals surface area contributed by atoms with Gasteiger partial charge in [0.15, 0.2) is 0 Å². The van der Waals surface area contributed by atoms with Crippen LogP contribution in [-0.2, 0) is 5.54 Å². The van der Waals surface area contributed by atoms with Crippen LogP contribution >= 0.6 is 0 Å². The molecule has 1 aromatic heterocycles. The van der Waals surface area contributed by atoms with Crippen LogP contribution in [-0.4, -0.2) is 23.0 Å². The van der Waals surface area contributed by atoms with Gasteiger partial charge in [0.25, 0.3) is 0 Å². The number of amidine groups is 1. The van der Waals surface area contributed by atoms with Gasteiger partial charge in [-0.3, -0.25) is 4.98 Å². The van der Waals surface area contributed by atoms with E-state index in [0.29, 0.717) is 5.84 Å². The highest BCUT2D eigenvalue weighted by Crippen LogP contribution is 2.46. The van der Waals surface area contributed by atoms with E-state index in [1.165, 1.54) is 6.20 Å². The molecule has 0 aliphatic carbocycles. The maximum atomic E-state index is 9.89. The minimum atomic E-state index is -0.785. The number of nitrogens with zero attached hydrogens (tertiary/aromatic N) is 2. The van der Waals surface area contributed by atoms with Gasteiger partial charge in [0, 0.05) is 17.3 Å². The molecule has 0 saturated heterocycles. The van der Waals surface area contributed by atoms with E-state index in [4.69, 9.17) is 15.5 Å². The molecule has 0 saturated carbocycles. The highest BCUT2D eigenvalue weighted by atomic mass is 16.5. The number of hydrogen-bond acceptors (Lipinski definition) is 5. The molecule has 2 heterocycles. The van der Waals surface area contributed by atoms with Crippen molar-refractivity contribution in [1.82, 2.24) is 4.98 Å². The van der Waals surface area contributed by atoms with Crippen LogP contribution in [0.1, 0.15) is 22.3 Å². The summed E-state index contributed by atoms with van der Waals surface area (Å²) >= 11 is 0. The molecule has 1 aliphatic rings. The lowest BCUT2D eigenvalue weighted by Gasteiger charge is -2.29. The quantitative estimate of drug-likeness (QED) is 0.523. The number of pyridine rings is 1. The Morgan fingerprint density at radius 1 is 0.839 bits per heavy atom. The van der Waals surface area contributed by atoms with Crippen molar-refractivity contribution in [3.8, 4) is 22.6 Å². The zero-order valence-electron chi connectivity index (χ0n) is 17.0. The third kappa shape index (κ3) is 3.02. The SMILES string of the molecule is COc1ccc(C2(c3cccc(-c4cncc(O)c4)c3)N=C(N)c3ccccc32)cc1. The zero-order chi connectivity index (χ0) is 21.4. The lowest BCUT2D eigenvalue weighted by molar-refractivity contribution is 0.414. The summed E-state index contributed by atoms with van der Waals surface area (Å²) < 4.78 is 5.36. The summed E-state index contributed by atoms with van der Waals surface area (Å²) in [7, 11) is 1.65. The fraction of sp³-hybridized carbons (Fsp3) is 0.0769.